The fourth-order valence-electron chi connectivity index (χ4n) is 11.7. The molecule has 9 nitrogen and oxygen atoms in total. The van der Waals surface area contributed by atoms with E-state index in [2.05, 4.69) is 175 Å². The monoisotopic (exact) mass is 1040 g/mol. The van der Waals surface area contributed by atoms with E-state index in [1.54, 1.807) is 6.92 Å². The van der Waals surface area contributed by atoms with Gasteiger partial charge < -0.3 is 29.6 Å². The summed E-state index contributed by atoms with van der Waals surface area (Å²) in [5.74, 6) is 5.21. The average molecular weight is 1040 g/mol. The van der Waals surface area contributed by atoms with Gasteiger partial charge in [-0.3, -0.25) is 9.78 Å². The number of carbonyl (C=O) groups is 1. The molecule has 0 unspecified atom stereocenters. The lowest BCUT2D eigenvalue weighted by Crippen LogP contribution is -2.40. The molecular formula is C65H125N7O2. The van der Waals surface area contributed by atoms with Crippen molar-refractivity contribution in [2.75, 3.05) is 98.7 Å². The summed E-state index contributed by atoms with van der Waals surface area (Å²) in [7, 11) is 2.22. The number of carbonyl (C=O) groups excluding carboxylic acids is 1. The first kappa shape index (κ1) is 69.9. The minimum absolute atomic E-state index is 0.229. The number of nitrogens with zero attached hydrogens (tertiary/aromatic N) is 7. The maximum Gasteiger partial charge on any atom is 0.219 e. The summed E-state index contributed by atoms with van der Waals surface area (Å²) in [5.41, 5.74) is 5.07. The van der Waals surface area contributed by atoms with E-state index in [4.69, 9.17) is 10.4 Å². The van der Waals surface area contributed by atoms with E-state index in [1.165, 1.54) is 141 Å². The molecular weight excluding hydrogens is 911 g/mol. The largest absolute Gasteiger partial charge is 0.395 e. The smallest absolute Gasteiger partial charge is 0.219 e. The van der Waals surface area contributed by atoms with Crippen LogP contribution in [0.5, 0.6) is 0 Å². The number of nitriles is 1. The van der Waals surface area contributed by atoms with E-state index in [1.807, 2.05) is 17.3 Å². The Kier molecular flexibility index (Phi) is 32.2. The van der Waals surface area contributed by atoms with Crippen molar-refractivity contribution in [1.82, 2.24) is 29.5 Å². The number of likely N-dealkylation sites (tertiary alicyclic amines) is 5. The van der Waals surface area contributed by atoms with Crippen LogP contribution in [-0.4, -0.2) is 139 Å². The number of β-amino-alcohol motifs (C(OH)–C–C–N with tert-alkyl or cyclic N) is 1. The SMILES string of the molecule is CC(=O)N1CCC(C(C)(C)C)CC1.CC(C)(C)C1CCN(CCC#N)CC1.CC(C)(C)C1CCN(CCO)CC1.CCCN1CCC(C(C)(C)C)CC1.CN1CCC(C(C)(C)C)CC1.Cc1ccncc1C(C)C. The minimum Gasteiger partial charge on any atom is -0.395 e. The number of pyridine rings is 1. The van der Waals surface area contributed by atoms with Crippen molar-refractivity contribution in [3.8, 4) is 6.07 Å². The molecule has 5 aliphatic rings. The lowest BCUT2D eigenvalue weighted by molar-refractivity contribution is -0.130. The van der Waals surface area contributed by atoms with Crippen LogP contribution in [-0.2, 0) is 4.79 Å². The van der Waals surface area contributed by atoms with Gasteiger partial charge in [0.05, 0.1) is 12.7 Å². The number of aryl methyl sites for hydroxylation is 1. The van der Waals surface area contributed by atoms with Crippen LogP contribution >= 0.6 is 0 Å². The fourth-order valence-corrected chi connectivity index (χ4v) is 11.7. The molecule has 1 amide bonds. The minimum atomic E-state index is 0.229. The second-order valence-electron chi connectivity index (χ2n) is 29.1. The lowest BCUT2D eigenvalue weighted by Gasteiger charge is -2.38. The van der Waals surface area contributed by atoms with Gasteiger partial charge in [0.1, 0.15) is 0 Å². The molecule has 0 spiro atoms. The first-order valence-electron chi connectivity index (χ1n) is 30.2. The molecule has 1 aromatic heterocycles. The summed E-state index contributed by atoms with van der Waals surface area (Å²) < 4.78 is 0. The van der Waals surface area contributed by atoms with Gasteiger partial charge in [-0.25, -0.2) is 0 Å². The topological polar surface area (TPSA) is 90.2 Å². The van der Waals surface area contributed by atoms with Gasteiger partial charge in [-0.05, 0) is 223 Å². The van der Waals surface area contributed by atoms with Crippen LogP contribution < -0.4 is 0 Å². The van der Waals surface area contributed by atoms with Gasteiger partial charge in [-0.15, -0.1) is 0 Å². The van der Waals surface area contributed by atoms with Crippen molar-refractivity contribution in [3.63, 3.8) is 0 Å². The normalized spacial score (nSPS) is 20.3. The number of aliphatic hydroxyl groups is 1. The number of piperidine rings is 5. The summed E-state index contributed by atoms with van der Waals surface area (Å²) >= 11 is 0. The van der Waals surface area contributed by atoms with Crippen molar-refractivity contribution < 1.29 is 9.90 Å². The standard InChI is InChI=1S/C12H22N2.C12H25N.C11H21NO.C11H23NO.C10H21N.C9H13N/c1-12(2,3)11-5-9-14(10-6-11)8-4-7-13;1-5-8-13-9-6-11(7-10-13)12(2,3)4;1-9(13)12-7-5-10(6-8-12)11(2,3)4;1-11(2,3)10-4-6-12(7-5-10)8-9-13;1-10(2,3)9-5-7-11(4)8-6-9;1-7(2)9-6-10-5-4-8(9)3/h11H,4-6,8-10H2,1-3H3;11H,5-10H2,1-4H3;10H,5-8H2,1-4H3;10,13H,4-9H2,1-3H3;9H,5-8H2,1-4H3;4-7H,1-3H3. The van der Waals surface area contributed by atoms with Crippen LogP contribution in [0, 0.1) is 74.9 Å². The number of rotatable bonds is 7. The molecule has 1 N–H and O–H groups in total. The molecule has 0 bridgehead atoms. The molecule has 0 radical (unpaired) electrons. The molecule has 432 valence electrons. The highest BCUT2D eigenvalue weighted by Gasteiger charge is 2.32. The second kappa shape index (κ2) is 34.0. The van der Waals surface area contributed by atoms with Gasteiger partial charge in [0.15, 0.2) is 0 Å². The van der Waals surface area contributed by atoms with Crippen LogP contribution in [0.4, 0.5) is 0 Å². The van der Waals surface area contributed by atoms with Gasteiger partial charge >= 0.3 is 0 Å². The van der Waals surface area contributed by atoms with Gasteiger partial charge in [-0.1, -0.05) is 125 Å². The summed E-state index contributed by atoms with van der Waals surface area (Å²) in [6, 6.07) is 4.27. The third kappa shape index (κ3) is 29.0. The zero-order chi connectivity index (χ0) is 56.5. The molecule has 0 aromatic carbocycles. The van der Waals surface area contributed by atoms with E-state index in [9.17, 15) is 4.79 Å². The zero-order valence-electron chi connectivity index (χ0n) is 53.1. The second-order valence-corrected chi connectivity index (χ2v) is 29.1. The third-order valence-corrected chi connectivity index (χ3v) is 17.7. The molecule has 6 rings (SSSR count). The molecule has 6 heterocycles. The fraction of sp³-hybridized carbons (Fsp3) is 0.892. The quantitative estimate of drug-likeness (QED) is 0.289. The third-order valence-electron chi connectivity index (χ3n) is 17.7. The summed E-state index contributed by atoms with van der Waals surface area (Å²) in [5, 5.41) is 17.3. The molecule has 0 saturated carbocycles. The van der Waals surface area contributed by atoms with Crippen LogP contribution in [0.2, 0.25) is 0 Å². The first-order valence-corrected chi connectivity index (χ1v) is 30.2. The molecule has 9 heteroatoms. The van der Waals surface area contributed by atoms with Crippen LogP contribution in [0.3, 0.4) is 0 Å². The summed E-state index contributed by atoms with van der Waals surface area (Å²) in [6.45, 7) is 60.8. The van der Waals surface area contributed by atoms with Crippen molar-refractivity contribution >= 4 is 5.91 Å². The van der Waals surface area contributed by atoms with Crippen molar-refractivity contribution in [1.29, 1.82) is 5.26 Å². The molecule has 0 aliphatic carbocycles. The summed E-state index contributed by atoms with van der Waals surface area (Å²) in [4.78, 5) is 26.9. The van der Waals surface area contributed by atoms with Gasteiger partial charge in [0, 0.05) is 51.9 Å². The number of hydrogen-bond donors (Lipinski definition) is 1. The lowest BCUT2D eigenvalue weighted by atomic mass is 9.75. The van der Waals surface area contributed by atoms with Crippen LogP contribution in [0.25, 0.3) is 0 Å². The Morgan fingerprint density at radius 2 is 0.919 bits per heavy atom. The molecule has 74 heavy (non-hydrogen) atoms. The highest BCUT2D eigenvalue weighted by molar-refractivity contribution is 5.73. The Bertz CT molecular complexity index is 1590. The van der Waals surface area contributed by atoms with E-state index in [-0.39, 0.29) is 5.91 Å². The van der Waals surface area contributed by atoms with Crippen molar-refractivity contribution in [2.45, 2.75) is 221 Å². The van der Waals surface area contributed by atoms with Crippen molar-refractivity contribution in [2.24, 2.45) is 56.7 Å². The molecule has 5 saturated heterocycles. The highest BCUT2D eigenvalue weighted by atomic mass is 16.3. The Morgan fingerprint density at radius 1 is 0.595 bits per heavy atom. The van der Waals surface area contributed by atoms with Crippen molar-refractivity contribution in [3.05, 3.63) is 29.6 Å². The van der Waals surface area contributed by atoms with E-state index in [0.717, 1.165) is 55.8 Å². The number of hydrogen-bond acceptors (Lipinski definition) is 8. The maximum atomic E-state index is 11.1. The van der Waals surface area contributed by atoms with Crippen LogP contribution in [0.15, 0.2) is 18.5 Å². The zero-order valence-corrected chi connectivity index (χ0v) is 53.1. The van der Waals surface area contributed by atoms with E-state index >= 15 is 0 Å². The molecule has 1 aromatic rings. The maximum absolute atomic E-state index is 11.1. The summed E-state index contributed by atoms with van der Waals surface area (Å²) in [6.07, 6.45) is 18.9. The highest BCUT2D eigenvalue weighted by Crippen LogP contribution is 2.38. The average Bonchev–Trinajstić information content (AvgIpc) is 3.31. The Hall–Kier alpha value is -2.09. The molecule has 0 atom stereocenters. The first-order chi connectivity index (χ1) is 34.2. The number of aromatic nitrogens is 1. The van der Waals surface area contributed by atoms with Gasteiger partial charge in [0.25, 0.3) is 0 Å². The number of aliphatic hydroxyl groups excluding tert-OH is 1. The molecule has 5 aliphatic heterocycles. The Balaban J connectivity index is 0.000000445. The van der Waals surface area contributed by atoms with Crippen LogP contribution in [0.1, 0.15) is 226 Å². The number of amides is 1. The van der Waals surface area contributed by atoms with Gasteiger partial charge in [0.2, 0.25) is 5.91 Å². The molecule has 5 fully saturated rings. The van der Waals surface area contributed by atoms with Gasteiger partial charge in [-0.2, -0.15) is 5.26 Å². The predicted octanol–water partition coefficient (Wildman–Crippen LogP) is 14.7. The van der Waals surface area contributed by atoms with E-state index in [0.29, 0.717) is 46.0 Å². The Morgan fingerprint density at radius 3 is 1.19 bits per heavy atom. The predicted molar refractivity (Wildman–Crippen MR) is 321 cm³/mol. The van der Waals surface area contributed by atoms with E-state index < -0.39 is 0 Å². The Labute approximate surface area is 461 Å².